The predicted molar refractivity (Wildman–Crippen MR) is 116 cm³/mol. The quantitative estimate of drug-likeness (QED) is 0.500. The number of carboxylic acids is 2. The van der Waals surface area contributed by atoms with Gasteiger partial charge in [-0.2, -0.15) is 0 Å². The maximum atomic E-state index is 13.2. The highest BCUT2D eigenvalue weighted by Gasteiger charge is 2.27. The lowest BCUT2D eigenvalue weighted by molar-refractivity contribution is 0.0686. The van der Waals surface area contributed by atoms with E-state index in [9.17, 15) is 24.6 Å². The molecule has 0 saturated carbocycles. The third kappa shape index (κ3) is 3.61. The average Bonchev–Trinajstić information content (AvgIpc) is 3.04. The number of aromatic nitrogens is 2. The largest absolute Gasteiger partial charge is 0.478 e. The normalized spacial score (nSPS) is 11.0. The lowest BCUT2D eigenvalue weighted by Gasteiger charge is -2.12. The molecule has 4 aromatic rings. The SMILES string of the molecule is Cc1c(C(=O)O)c2c(c(=O)c(C(=O)O)cn2Cc2ccccc2)n1Cc1ccccc1. The van der Waals surface area contributed by atoms with Crippen LogP contribution < -0.4 is 5.43 Å². The number of rotatable bonds is 6. The van der Waals surface area contributed by atoms with Crippen molar-refractivity contribution < 1.29 is 19.8 Å². The van der Waals surface area contributed by atoms with Gasteiger partial charge in [-0.25, -0.2) is 9.59 Å². The fraction of sp³-hybridized carbons (Fsp3) is 0.125. The van der Waals surface area contributed by atoms with Gasteiger partial charge in [-0.3, -0.25) is 4.79 Å². The minimum atomic E-state index is -1.35. The summed E-state index contributed by atoms with van der Waals surface area (Å²) in [7, 11) is 0. The summed E-state index contributed by atoms with van der Waals surface area (Å²) in [6.07, 6.45) is 1.23. The number of aromatic carboxylic acids is 2. The van der Waals surface area contributed by atoms with Gasteiger partial charge in [-0.05, 0) is 18.1 Å². The fourth-order valence-electron chi connectivity index (χ4n) is 3.91. The number of carbonyl (C=O) groups is 2. The molecule has 7 nitrogen and oxygen atoms in total. The van der Waals surface area contributed by atoms with Crippen LogP contribution in [0, 0.1) is 6.92 Å². The van der Waals surface area contributed by atoms with Crippen LogP contribution in [0.5, 0.6) is 0 Å². The van der Waals surface area contributed by atoms with Gasteiger partial charge in [0, 0.05) is 25.0 Å². The Labute approximate surface area is 177 Å². The van der Waals surface area contributed by atoms with Gasteiger partial charge in [-0.15, -0.1) is 0 Å². The van der Waals surface area contributed by atoms with E-state index in [0.29, 0.717) is 5.69 Å². The second-order valence-corrected chi connectivity index (χ2v) is 7.33. The molecular formula is C24H20N2O5. The van der Waals surface area contributed by atoms with E-state index in [1.807, 2.05) is 60.7 Å². The van der Waals surface area contributed by atoms with Crippen LogP contribution in [-0.2, 0) is 13.1 Å². The second kappa shape index (κ2) is 7.95. The molecule has 2 aromatic carbocycles. The third-order valence-corrected chi connectivity index (χ3v) is 5.35. The zero-order valence-electron chi connectivity index (χ0n) is 16.8. The number of hydrogen-bond donors (Lipinski definition) is 2. The summed E-state index contributed by atoms with van der Waals surface area (Å²) in [6, 6.07) is 18.6. The summed E-state index contributed by atoms with van der Waals surface area (Å²) in [5.41, 5.74) is 1.33. The zero-order chi connectivity index (χ0) is 22.1. The first-order valence-corrected chi connectivity index (χ1v) is 9.69. The van der Waals surface area contributed by atoms with Gasteiger partial charge < -0.3 is 19.3 Å². The van der Waals surface area contributed by atoms with Crippen LogP contribution in [0.25, 0.3) is 11.0 Å². The topological polar surface area (TPSA) is 102 Å². The van der Waals surface area contributed by atoms with Crippen molar-refractivity contribution in [3.63, 3.8) is 0 Å². The van der Waals surface area contributed by atoms with Gasteiger partial charge in [0.15, 0.2) is 0 Å². The van der Waals surface area contributed by atoms with Gasteiger partial charge in [0.25, 0.3) is 0 Å². The van der Waals surface area contributed by atoms with E-state index in [2.05, 4.69) is 0 Å². The molecule has 0 spiro atoms. The predicted octanol–water partition coefficient (Wildman–Crippen LogP) is 3.60. The number of pyridine rings is 1. The van der Waals surface area contributed by atoms with Crippen molar-refractivity contribution in [3.05, 3.63) is 105 Å². The van der Waals surface area contributed by atoms with Gasteiger partial charge >= 0.3 is 11.9 Å². The summed E-state index contributed by atoms with van der Waals surface area (Å²) in [6.45, 7) is 2.12. The minimum absolute atomic E-state index is 0.00380. The molecule has 7 heteroatoms. The van der Waals surface area contributed by atoms with Crippen molar-refractivity contribution in [1.82, 2.24) is 9.13 Å². The van der Waals surface area contributed by atoms with Crippen LogP contribution in [-0.4, -0.2) is 31.3 Å². The first kappa shape index (κ1) is 20.2. The Morgan fingerprint density at radius 1 is 0.806 bits per heavy atom. The lowest BCUT2D eigenvalue weighted by atomic mass is 10.1. The van der Waals surface area contributed by atoms with Crippen LogP contribution in [0.15, 0.2) is 71.7 Å². The molecule has 0 saturated heterocycles. The molecule has 0 aliphatic heterocycles. The van der Waals surface area contributed by atoms with Crippen molar-refractivity contribution >= 4 is 23.0 Å². The van der Waals surface area contributed by atoms with E-state index >= 15 is 0 Å². The zero-order valence-corrected chi connectivity index (χ0v) is 16.8. The molecular weight excluding hydrogens is 396 g/mol. The third-order valence-electron chi connectivity index (χ3n) is 5.35. The maximum absolute atomic E-state index is 13.2. The Morgan fingerprint density at radius 3 is 1.87 bits per heavy atom. The van der Waals surface area contributed by atoms with Crippen LogP contribution in [0.3, 0.4) is 0 Å². The molecule has 31 heavy (non-hydrogen) atoms. The maximum Gasteiger partial charge on any atom is 0.341 e. The van der Waals surface area contributed by atoms with Gasteiger partial charge in [0.05, 0.1) is 5.52 Å². The molecule has 0 atom stereocenters. The molecule has 0 amide bonds. The van der Waals surface area contributed by atoms with Crippen LogP contribution in [0.4, 0.5) is 0 Å². The Bertz CT molecular complexity index is 1350. The van der Waals surface area contributed by atoms with Crippen LogP contribution in [0.2, 0.25) is 0 Å². The second-order valence-electron chi connectivity index (χ2n) is 7.33. The highest BCUT2D eigenvalue weighted by molar-refractivity contribution is 6.05. The summed E-state index contributed by atoms with van der Waals surface area (Å²) in [4.78, 5) is 37.2. The Hall–Kier alpha value is -4.13. The number of nitrogens with zero attached hydrogens (tertiary/aromatic N) is 2. The van der Waals surface area contributed by atoms with Crippen LogP contribution in [0.1, 0.15) is 37.5 Å². The molecule has 0 bridgehead atoms. The molecule has 4 rings (SSSR count). The van der Waals surface area contributed by atoms with E-state index in [1.165, 1.54) is 6.20 Å². The van der Waals surface area contributed by atoms with Gasteiger partial charge in [-0.1, -0.05) is 60.7 Å². The molecule has 0 radical (unpaired) electrons. The first-order chi connectivity index (χ1) is 14.9. The Morgan fingerprint density at radius 2 is 1.35 bits per heavy atom. The number of hydrogen-bond acceptors (Lipinski definition) is 3. The summed E-state index contributed by atoms with van der Waals surface area (Å²) in [5, 5.41) is 19.6. The van der Waals surface area contributed by atoms with E-state index in [1.54, 1.807) is 16.1 Å². The van der Waals surface area contributed by atoms with E-state index in [4.69, 9.17) is 0 Å². The van der Waals surface area contributed by atoms with E-state index in [-0.39, 0.29) is 29.7 Å². The molecule has 2 aromatic heterocycles. The van der Waals surface area contributed by atoms with Crippen molar-refractivity contribution in [2.45, 2.75) is 20.0 Å². The lowest BCUT2D eigenvalue weighted by Crippen LogP contribution is -2.21. The minimum Gasteiger partial charge on any atom is -0.478 e. The van der Waals surface area contributed by atoms with Crippen molar-refractivity contribution in [2.75, 3.05) is 0 Å². The molecule has 2 N–H and O–H groups in total. The molecule has 2 heterocycles. The molecule has 0 unspecified atom stereocenters. The molecule has 0 fully saturated rings. The average molecular weight is 416 g/mol. The van der Waals surface area contributed by atoms with Gasteiger partial charge in [0.2, 0.25) is 5.43 Å². The highest BCUT2D eigenvalue weighted by atomic mass is 16.4. The molecule has 0 aliphatic carbocycles. The smallest absolute Gasteiger partial charge is 0.341 e. The standard InChI is InChI=1S/C24H20N2O5/c1-15-19(24(30)31)20-21(26(15)13-17-10-6-3-7-11-17)22(27)18(23(28)29)14-25(20)12-16-8-4-2-5-9-16/h2-11,14H,12-13H2,1H3,(H,28,29)(H,30,31). The van der Waals surface area contributed by atoms with Crippen molar-refractivity contribution in [2.24, 2.45) is 0 Å². The molecule has 0 aliphatic rings. The first-order valence-electron chi connectivity index (χ1n) is 9.69. The van der Waals surface area contributed by atoms with E-state index in [0.717, 1.165) is 11.1 Å². The van der Waals surface area contributed by atoms with E-state index < -0.39 is 22.9 Å². The number of fused-ring (bicyclic) bond motifs is 1. The monoisotopic (exact) mass is 416 g/mol. The summed E-state index contributed by atoms with van der Waals surface area (Å²) in [5.74, 6) is -2.52. The number of carboxylic acid groups (broad SMARTS) is 2. The fourth-order valence-corrected chi connectivity index (χ4v) is 3.91. The molecule has 156 valence electrons. The van der Waals surface area contributed by atoms with Crippen molar-refractivity contribution in [1.29, 1.82) is 0 Å². The van der Waals surface area contributed by atoms with Crippen molar-refractivity contribution in [3.8, 4) is 0 Å². The highest BCUT2D eigenvalue weighted by Crippen LogP contribution is 2.26. The number of benzene rings is 2. The Balaban J connectivity index is 2.07. The Kier molecular flexibility index (Phi) is 5.17. The summed E-state index contributed by atoms with van der Waals surface area (Å²) < 4.78 is 3.15. The summed E-state index contributed by atoms with van der Waals surface area (Å²) >= 11 is 0. The van der Waals surface area contributed by atoms with Crippen LogP contribution >= 0.6 is 0 Å². The van der Waals surface area contributed by atoms with Gasteiger partial charge in [0.1, 0.15) is 16.6 Å².